The predicted molar refractivity (Wildman–Crippen MR) is 102 cm³/mol. The number of hydrogen-bond acceptors (Lipinski definition) is 4. The SMILES string of the molecule is CC(C)(Cc1ccc(Br)cc1)NC(=O)c1csc(CCN)n1.Cl. The molecule has 126 valence electrons. The third-order valence-corrected chi connectivity index (χ3v) is 4.59. The highest BCUT2D eigenvalue weighted by Gasteiger charge is 2.23. The van der Waals surface area contributed by atoms with Crippen molar-refractivity contribution < 1.29 is 4.79 Å². The number of hydrogen-bond donors (Lipinski definition) is 2. The fourth-order valence-electron chi connectivity index (χ4n) is 2.18. The van der Waals surface area contributed by atoms with E-state index in [0.717, 1.165) is 15.9 Å². The van der Waals surface area contributed by atoms with Crippen LogP contribution < -0.4 is 11.1 Å². The van der Waals surface area contributed by atoms with E-state index in [9.17, 15) is 4.79 Å². The second-order valence-electron chi connectivity index (χ2n) is 5.81. The fourth-order valence-corrected chi connectivity index (χ4v) is 3.24. The highest BCUT2D eigenvalue weighted by atomic mass is 79.9. The highest BCUT2D eigenvalue weighted by Crippen LogP contribution is 2.17. The summed E-state index contributed by atoms with van der Waals surface area (Å²) in [4.78, 5) is 16.6. The van der Waals surface area contributed by atoms with Gasteiger partial charge < -0.3 is 11.1 Å². The van der Waals surface area contributed by atoms with Crippen molar-refractivity contribution in [2.75, 3.05) is 6.54 Å². The zero-order valence-electron chi connectivity index (χ0n) is 13.1. The number of amides is 1. The number of carbonyl (C=O) groups is 1. The van der Waals surface area contributed by atoms with Gasteiger partial charge in [0, 0.05) is 21.8 Å². The highest BCUT2D eigenvalue weighted by molar-refractivity contribution is 9.10. The summed E-state index contributed by atoms with van der Waals surface area (Å²) >= 11 is 4.90. The van der Waals surface area contributed by atoms with Gasteiger partial charge in [-0.25, -0.2) is 4.98 Å². The number of nitrogens with zero attached hydrogens (tertiary/aromatic N) is 1. The van der Waals surface area contributed by atoms with Crippen LogP contribution in [-0.4, -0.2) is 23.0 Å². The van der Waals surface area contributed by atoms with Gasteiger partial charge in [0.15, 0.2) is 0 Å². The van der Waals surface area contributed by atoms with E-state index in [2.05, 4.69) is 38.4 Å². The lowest BCUT2D eigenvalue weighted by molar-refractivity contribution is 0.0908. The van der Waals surface area contributed by atoms with E-state index in [1.165, 1.54) is 16.9 Å². The van der Waals surface area contributed by atoms with Crippen LogP contribution >= 0.6 is 39.7 Å². The zero-order chi connectivity index (χ0) is 16.2. The largest absolute Gasteiger partial charge is 0.345 e. The van der Waals surface area contributed by atoms with Gasteiger partial charge in [-0.3, -0.25) is 4.79 Å². The number of nitrogens with two attached hydrogens (primary N) is 1. The standard InChI is InChI=1S/C16H20BrN3OS.ClH/c1-16(2,9-11-3-5-12(17)6-4-11)20-15(21)13-10-22-14(19-13)7-8-18;/h3-6,10H,7-9,18H2,1-2H3,(H,20,21);1H. The quantitative estimate of drug-likeness (QED) is 0.753. The van der Waals surface area contributed by atoms with Gasteiger partial charge in [-0.05, 0) is 44.5 Å². The summed E-state index contributed by atoms with van der Waals surface area (Å²) in [7, 11) is 0. The Morgan fingerprint density at radius 1 is 1.35 bits per heavy atom. The maximum absolute atomic E-state index is 12.3. The molecular formula is C16H21BrClN3OS. The van der Waals surface area contributed by atoms with Gasteiger partial charge >= 0.3 is 0 Å². The van der Waals surface area contributed by atoms with Crippen molar-refractivity contribution in [3.63, 3.8) is 0 Å². The zero-order valence-corrected chi connectivity index (χ0v) is 16.4. The summed E-state index contributed by atoms with van der Waals surface area (Å²) in [6.45, 7) is 4.57. The lowest BCUT2D eigenvalue weighted by atomic mass is 9.95. The summed E-state index contributed by atoms with van der Waals surface area (Å²) in [6.07, 6.45) is 1.46. The Hall–Kier alpha value is -0.950. The molecule has 4 nitrogen and oxygen atoms in total. The molecule has 2 aromatic rings. The monoisotopic (exact) mass is 417 g/mol. The average molecular weight is 419 g/mol. The molecule has 0 radical (unpaired) electrons. The normalized spacial score (nSPS) is 11.0. The Balaban J connectivity index is 0.00000264. The van der Waals surface area contributed by atoms with Gasteiger partial charge in [-0.15, -0.1) is 23.7 Å². The molecule has 0 saturated carbocycles. The first-order chi connectivity index (χ1) is 10.4. The molecule has 0 atom stereocenters. The van der Waals surface area contributed by atoms with Gasteiger partial charge in [-0.1, -0.05) is 28.1 Å². The Labute approximate surface area is 155 Å². The lowest BCUT2D eigenvalue weighted by Crippen LogP contribution is -2.45. The Bertz CT molecular complexity index is 643. The van der Waals surface area contributed by atoms with E-state index in [1.54, 1.807) is 5.38 Å². The summed E-state index contributed by atoms with van der Waals surface area (Å²) in [5.41, 5.74) is 6.81. The fraction of sp³-hybridized carbons (Fsp3) is 0.375. The van der Waals surface area contributed by atoms with Crippen molar-refractivity contribution in [1.82, 2.24) is 10.3 Å². The summed E-state index contributed by atoms with van der Waals surface area (Å²) in [5, 5.41) is 5.74. The first kappa shape index (κ1) is 20.1. The first-order valence-corrected chi connectivity index (χ1v) is 8.78. The van der Waals surface area contributed by atoms with Crippen LogP contribution in [0, 0.1) is 0 Å². The molecule has 23 heavy (non-hydrogen) atoms. The molecule has 0 bridgehead atoms. The minimum absolute atomic E-state index is 0. The number of aromatic nitrogens is 1. The van der Waals surface area contributed by atoms with E-state index < -0.39 is 0 Å². The van der Waals surface area contributed by atoms with Crippen LogP contribution in [0.15, 0.2) is 34.1 Å². The number of rotatable bonds is 6. The number of benzene rings is 1. The van der Waals surface area contributed by atoms with E-state index in [-0.39, 0.29) is 23.9 Å². The van der Waals surface area contributed by atoms with Crippen LogP contribution in [0.25, 0.3) is 0 Å². The molecule has 1 aromatic heterocycles. The predicted octanol–water partition coefficient (Wildman–Crippen LogP) is 3.58. The van der Waals surface area contributed by atoms with Gasteiger partial charge in [0.25, 0.3) is 5.91 Å². The van der Waals surface area contributed by atoms with Crippen molar-refractivity contribution >= 4 is 45.6 Å². The molecule has 0 spiro atoms. The topological polar surface area (TPSA) is 68.0 Å². The molecule has 1 heterocycles. The second kappa shape index (κ2) is 8.78. The Kier molecular flexibility index (Phi) is 7.67. The first-order valence-electron chi connectivity index (χ1n) is 7.11. The smallest absolute Gasteiger partial charge is 0.271 e. The molecular weight excluding hydrogens is 398 g/mol. The van der Waals surface area contributed by atoms with Crippen molar-refractivity contribution in [2.24, 2.45) is 5.73 Å². The molecule has 0 aliphatic carbocycles. The summed E-state index contributed by atoms with van der Waals surface area (Å²) in [5.74, 6) is -0.137. The lowest BCUT2D eigenvalue weighted by Gasteiger charge is -2.26. The molecule has 0 aliphatic heterocycles. The van der Waals surface area contributed by atoms with Gasteiger partial charge in [0.2, 0.25) is 0 Å². The molecule has 0 aliphatic rings. The van der Waals surface area contributed by atoms with Crippen molar-refractivity contribution in [2.45, 2.75) is 32.2 Å². The van der Waals surface area contributed by atoms with Crippen LogP contribution in [0.4, 0.5) is 0 Å². The van der Waals surface area contributed by atoms with Gasteiger partial charge in [0.05, 0.1) is 5.01 Å². The third-order valence-electron chi connectivity index (χ3n) is 3.15. The molecule has 2 rings (SSSR count). The van der Waals surface area contributed by atoms with Gasteiger partial charge in [0.1, 0.15) is 5.69 Å². The molecule has 3 N–H and O–H groups in total. The van der Waals surface area contributed by atoms with E-state index in [0.29, 0.717) is 18.7 Å². The third kappa shape index (κ3) is 6.22. The van der Waals surface area contributed by atoms with Crippen LogP contribution in [-0.2, 0) is 12.8 Å². The molecule has 7 heteroatoms. The van der Waals surface area contributed by atoms with E-state index in [1.807, 2.05) is 26.0 Å². The maximum Gasteiger partial charge on any atom is 0.271 e. The number of nitrogens with one attached hydrogen (secondary N) is 1. The van der Waals surface area contributed by atoms with Gasteiger partial charge in [-0.2, -0.15) is 0 Å². The maximum atomic E-state index is 12.3. The Morgan fingerprint density at radius 3 is 2.61 bits per heavy atom. The van der Waals surface area contributed by atoms with E-state index in [4.69, 9.17) is 5.73 Å². The minimum Gasteiger partial charge on any atom is -0.345 e. The second-order valence-corrected chi connectivity index (χ2v) is 7.66. The van der Waals surface area contributed by atoms with Crippen LogP contribution in [0.1, 0.15) is 34.9 Å². The van der Waals surface area contributed by atoms with Crippen molar-refractivity contribution in [3.05, 3.63) is 50.4 Å². The summed E-state index contributed by atoms with van der Waals surface area (Å²) < 4.78 is 1.05. The molecule has 1 amide bonds. The van der Waals surface area contributed by atoms with Crippen LogP contribution in [0.3, 0.4) is 0 Å². The average Bonchev–Trinajstić information content (AvgIpc) is 2.90. The summed E-state index contributed by atoms with van der Waals surface area (Å²) in [6, 6.07) is 8.12. The van der Waals surface area contributed by atoms with Crippen molar-refractivity contribution in [3.8, 4) is 0 Å². The number of halogens is 2. The molecule has 0 saturated heterocycles. The van der Waals surface area contributed by atoms with Crippen LogP contribution in [0.2, 0.25) is 0 Å². The molecule has 0 unspecified atom stereocenters. The van der Waals surface area contributed by atoms with Crippen LogP contribution in [0.5, 0.6) is 0 Å². The minimum atomic E-state index is -0.345. The van der Waals surface area contributed by atoms with Crippen molar-refractivity contribution in [1.29, 1.82) is 0 Å². The molecule has 0 fully saturated rings. The van der Waals surface area contributed by atoms with E-state index >= 15 is 0 Å². The molecule has 1 aromatic carbocycles. The number of thiazole rings is 1. The number of carbonyl (C=O) groups excluding carboxylic acids is 1. The Morgan fingerprint density at radius 2 is 2.00 bits per heavy atom.